The lowest BCUT2D eigenvalue weighted by Gasteiger charge is -2.22. The third kappa shape index (κ3) is 3.79. The number of nitrogens with zero attached hydrogens (tertiary/aromatic N) is 3. The minimum atomic E-state index is -0.291. The third-order valence-electron chi connectivity index (χ3n) is 5.80. The molecule has 0 radical (unpaired) electrons. The van der Waals surface area contributed by atoms with Crippen LogP contribution >= 0.6 is 0 Å². The molecular formula is C21H24N4O2. The van der Waals surface area contributed by atoms with Crippen LogP contribution < -0.4 is 5.32 Å². The van der Waals surface area contributed by atoms with Crippen molar-refractivity contribution in [2.75, 3.05) is 0 Å². The molecule has 1 aromatic carbocycles. The van der Waals surface area contributed by atoms with Crippen molar-refractivity contribution >= 4 is 5.78 Å². The molecule has 27 heavy (non-hydrogen) atoms. The molecule has 2 heterocycles. The lowest BCUT2D eigenvalue weighted by Crippen LogP contribution is -2.42. The highest BCUT2D eigenvalue weighted by Gasteiger charge is 2.42. The van der Waals surface area contributed by atoms with E-state index in [4.69, 9.17) is 4.52 Å². The van der Waals surface area contributed by atoms with Crippen LogP contribution in [0.5, 0.6) is 0 Å². The van der Waals surface area contributed by atoms with Gasteiger partial charge in [-0.1, -0.05) is 36.3 Å². The number of ketones is 1. The molecule has 0 amide bonds. The first kappa shape index (κ1) is 17.9. The first-order valence-electron chi connectivity index (χ1n) is 9.76. The SMILES string of the molecule is CCc1nc(-c2ccc(C[C@@H](C#N)CC(=O)[C@H]3N[C@@H]4CC[C@H]3C4)cc2)no1. The van der Waals surface area contributed by atoms with Gasteiger partial charge in [-0.2, -0.15) is 10.2 Å². The summed E-state index contributed by atoms with van der Waals surface area (Å²) in [6.07, 6.45) is 5.05. The van der Waals surface area contributed by atoms with Crippen molar-refractivity contribution in [3.63, 3.8) is 0 Å². The normalized spacial score (nSPS) is 24.7. The standard InChI is InChI=1S/C21H24N4O2/c1-2-19-24-21(25-27-19)15-5-3-13(4-6-15)9-14(12-22)10-18(26)20-16-7-8-17(11-16)23-20/h3-6,14,16-17,20,23H,2,7-11H2,1H3/t14-,16+,17-,20+/m1/s1. The number of carbonyl (C=O) groups is 1. The molecule has 1 saturated heterocycles. The van der Waals surface area contributed by atoms with E-state index in [0.29, 0.717) is 42.9 Å². The number of nitrogens with one attached hydrogen (secondary N) is 1. The van der Waals surface area contributed by atoms with E-state index in [2.05, 4.69) is 21.5 Å². The molecule has 1 aliphatic heterocycles. The van der Waals surface area contributed by atoms with Gasteiger partial charge in [0.15, 0.2) is 5.78 Å². The fourth-order valence-corrected chi connectivity index (χ4v) is 4.34. The molecule has 0 unspecified atom stereocenters. The number of hydrogen-bond donors (Lipinski definition) is 1. The molecule has 4 rings (SSSR count). The number of benzene rings is 1. The minimum absolute atomic E-state index is 0.0343. The van der Waals surface area contributed by atoms with Gasteiger partial charge in [0.05, 0.1) is 18.0 Å². The second-order valence-corrected chi connectivity index (χ2v) is 7.68. The lowest BCUT2D eigenvalue weighted by atomic mass is 9.88. The maximum absolute atomic E-state index is 12.6. The van der Waals surface area contributed by atoms with Crippen LogP contribution in [0.1, 0.15) is 44.1 Å². The van der Waals surface area contributed by atoms with Crippen LogP contribution in [0.2, 0.25) is 0 Å². The van der Waals surface area contributed by atoms with Gasteiger partial charge in [-0.05, 0) is 37.2 Å². The molecule has 2 bridgehead atoms. The van der Waals surface area contributed by atoms with Crippen LogP contribution in [-0.2, 0) is 17.6 Å². The molecule has 1 aliphatic carbocycles. The third-order valence-corrected chi connectivity index (χ3v) is 5.80. The number of nitriles is 1. The second-order valence-electron chi connectivity index (χ2n) is 7.68. The molecule has 2 fully saturated rings. The highest BCUT2D eigenvalue weighted by molar-refractivity contribution is 5.85. The van der Waals surface area contributed by atoms with E-state index in [1.54, 1.807) is 0 Å². The number of aromatic nitrogens is 2. The summed E-state index contributed by atoms with van der Waals surface area (Å²) in [5, 5.41) is 16.9. The monoisotopic (exact) mass is 364 g/mol. The molecule has 4 atom stereocenters. The lowest BCUT2D eigenvalue weighted by molar-refractivity contribution is -0.122. The molecule has 2 aliphatic rings. The van der Waals surface area contributed by atoms with Crippen molar-refractivity contribution in [1.29, 1.82) is 5.26 Å². The summed E-state index contributed by atoms with van der Waals surface area (Å²) >= 11 is 0. The molecule has 1 saturated carbocycles. The largest absolute Gasteiger partial charge is 0.339 e. The number of hydrogen-bond acceptors (Lipinski definition) is 6. The molecule has 6 heteroatoms. The van der Waals surface area contributed by atoms with Crippen molar-refractivity contribution in [3.8, 4) is 17.5 Å². The number of fused-ring (bicyclic) bond motifs is 2. The Balaban J connectivity index is 1.37. The zero-order valence-corrected chi connectivity index (χ0v) is 15.5. The van der Waals surface area contributed by atoms with Crippen LogP contribution in [0.15, 0.2) is 28.8 Å². The second kappa shape index (κ2) is 7.61. The van der Waals surface area contributed by atoms with Gasteiger partial charge in [-0.3, -0.25) is 4.79 Å². The number of rotatable bonds is 7. The average Bonchev–Trinajstić information content (AvgIpc) is 3.44. The maximum Gasteiger partial charge on any atom is 0.226 e. The van der Waals surface area contributed by atoms with Crippen molar-refractivity contribution in [3.05, 3.63) is 35.7 Å². The van der Waals surface area contributed by atoms with E-state index in [9.17, 15) is 10.1 Å². The van der Waals surface area contributed by atoms with Crippen LogP contribution in [0.3, 0.4) is 0 Å². The number of Topliss-reactive ketones (excluding diaryl/α,β-unsaturated/α-hetero) is 1. The number of piperidine rings is 1. The predicted octanol–water partition coefficient (Wildman–Crippen LogP) is 3.08. The summed E-state index contributed by atoms with van der Waals surface area (Å²) in [5.74, 6) is 1.58. The molecule has 0 spiro atoms. The Kier molecular flexibility index (Phi) is 5.04. The van der Waals surface area contributed by atoms with Crippen molar-refractivity contribution in [2.45, 2.75) is 57.5 Å². The Bertz CT molecular complexity index is 852. The van der Waals surface area contributed by atoms with E-state index in [0.717, 1.165) is 24.0 Å². The van der Waals surface area contributed by atoms with Gasteiger partial charge < -0.3 is 9.84 Å². The fourth-order valence-electron chi connectivity index (χ4n) is 4.34. The summed E-state index contributed by atoms with van der Waals surface area (Å²) in [6, 6.07) is 10.6. The minimum Gasteiger partial charge on any atom is -0.339 e. The highest BCUT2D eigenvalue weighted by atomic mass is 16.5. The summed E-state index contributed by atoms with van der Waals surface area (Å²) in [5.41, 5.74) is 1.93. The Labute approximate surface area is 159 Å². The highest BCUT2D eigenvalue weighted by Crippen LogP contribution is 2.36. The molecule has 2 aromatic rings. The fraction of sp³-hybridized carbons (Fsp3) is 0.524. The van der Waals surface area contributed by atoms with Gasteiger partial charge in [-0.15, -0.1) is 0 Å². The van der Waals surface area contributed by atoms with Gasteiger partial charge in [0.2, 0.25) is 11.7 Å². The van der Waals surface area contributed by atoms with Crippen LogP contribution in [-0.4, -0.2) is 28.0 Å². The Hall–Kier alpha value is -2.52. The van der Waals surface area contributed by atoms with Crippen LogP contribution in [0.4, 0.5) is 0 Å². The van der Waals surface area contributed by atoms with E-state index < -0.39 is 0 Å². The van der Waals surface area contributed by atoms with E-state index >= 15 is 0 Å². The topological polar surface area (TPSA) is 91.8 Å². The van der Waals surface area contributed by atoms with Gasteiger partial charge >= 0.3 is 0 Å². The first-order valence-corrected chi connectivity index (χ1v) is 9.76. The molecule has 6 nitrogen and oxygen atoms in total. The number of carbonyl (C=O) groups excluding carboxylic acids is 1. The van der Waals surface area contributed by atoms with Crippen LogP contribution in [0.25, 0.3) is 11.4 Å². The quantitative estimate of drug-likeness (QED) is 0.812. The van der Waals surface area contributed by atoms with Crippen LogP contribution in [0, 0.1) is 23.2 Å². The number of aryl methyl sites for hydroxylation is 1. The van der Waals surface area contributed by atoms with Gasteiger partial charge in [-0.25, -0.2) is 0 Å². The molecule has 1 N–H and O–H groups in total. The average molecular weight is 364 g/mol. The molecular weight excluding hydrogens is 340 g/mol. The zero-order valence-electron chi connectivity index (χ0n) is 15.5. The van der Waals surface area contributed by atoms with Gasteiger partial charge in [0.1, 0.15) is 0 Å². The smallest absolute Gasteiger partial charge is 0.226 e. The maximum atomic E-state index is 12.6. The molecule has 140 valence electrons. The predicted molar refractivity (Wildman–Crippen MR) is 99.6 cm³/mol. The zero-order chi connectivity index (χ0) is 18.8. The van der Waals surface area contributed by atoms with E-state index in [-0.39, 0.29) is 17.7 Å². The van der Waals surface area contributed by atoms with E-state index in [1.807, 2.05) is 31.2 Å². The van der Waals surface area contributed by atoms with E-state index in [1.165, 1.54) is 6.42 Å². The van der Waals surface area contributed by atoms with Gasteiger partial charge in [0, 0.05) is 24.4 Å². The van der Waals surface area contributed by atoms with Crippen molar-refractivity contribution < 1.29 is 9.32 Å². The van der Waals surface area contributed by atoms with Gasteiger partial charge in [0.25, 0.3) is 0 Å². The first-order chi connectivity index (χ1) is 13.2. The summed E-state index contributed by atoms with van der Waals surface area (Å²) in [7, 11) is 0. The summed E-state index contributed by atoms with van der Waals surface area (Å²) < 4.78 is 5.15. The van der Waals surface area contributed by atoms with Crippen molar-refractivity contribution in [2.24, 2.45) is 11.8 Å². The summed E-state index contributed by atoms with van der Waals surface area (Å²) in [4.78, 5) is 17.0. The Morgan fingerprint density at radius 3 is 2.78 bits per heavy atom. The summed E-state index contributed by atoms with van der Waals surface area (Å²) in [6.45, 7) is 1.97. The Morgan fingerprint density at radius 1 is 1.37 bits per heavy atom. The van der Waals surface area contributed by atoms with Crippen molar-refractivity contribution in [1.82, 2.24) is 15.5 Å². The Morgan fingerprint density at radius 2 is 2.19 bits per heavy atom. The molecule has 1 aromatic heterocycles.